The van der Waals surface area contributed by atoms with Crippen LogP contribution in [-0.2, 0) is 11.3 Å². The van der Waals surface area contributed by atoms with Crippen LogP contribution in [0, 0.1) is 11.3 Å². The van der Waals surface area contributed by atoms with E-state index in [1.54, 1.807) is 6.07 Å². The van der Waals surface area contributed by atoms with Gasteiger partial charge in [0.15, 0.2) is 11.8 Å². The lowest BCUT2D eigenvalue weighted by Gasteiger charge is -2.04. The molecule has 0 aliphatic heterocycles. The van der Waals surface area contributed by atoms with Gasteiger partial charge in [0.2, 0.25) is 0 Å². The molecule has 0 bridgehead atoms. The van der Waals surface area contributed by atoms with Gasteiger partial charge >= 0.3 is 5.97 Å². The lowest BCUT2D eigenvalue weighted by molar-refractivity contribution is -0.147. The Morgan fingerprint density at radius 3 is 3.00 bits per heavy atom. The Kier molecular flexibility index (Phi) is 2.62. The van der Waals surface area contributed by atoms with Crippen molar-refractivity contribution < 1.29 is 15.0 Å². The first-order valence-corrected chi connectivity index (χ1v) is 3.46. The Morgan fingerprint density at radius 2 is 2.54 bits per heavy atom. The molecular formula is C7H7N3O3. The van der Waals surface area contributed by atoms with Crippen molar-refractivity contribution in [3.8, 4) is 6.07 Å². The van der Waals surface area contributed by atoms with Gasteiger partial charge in [-0.05, 0) is 0 Å². The third-order valence-corrected chi connectivity index (χ3v) is 1.42. The third-order valence-electron chi connectivity index (χ3n) is 1.42. The summed E-state index contributed by atoms with van der Waals surface area (Å²) in [6, 6.07) is 1.79. The van der Waals surface area contributed by atoms with Crippen LogP contribution in [0.5, 0.6) is 0 Å². The minimum atomic E-state index is -1.47. The van der Waals surface area contributed by atoms with E-state index < -0.39 is 12.1 Å². The quantitative estimate of drug-likeness (QED) is 0.636. The number of aliphatic hydroxyl groups is 1. The molecule has 1 aromatic rings. The summed E-state index contributed by atoms with van der Waals surface area (Å²) >= 11 is 0. The number of aliphatic carboxylic acids is 1. The fraction of sp³-hybridized carbons (Fsp3) is 0.286. The number of imidazole rings is 1. The summed E-state index contributed by atoms with van der Waals surface area (Å²) < 4.78 is 1.34. The molecule has 0 saturated carbocycles. The highest BCUT2D eigenvalue weighted by Gasteiger charge is 2.13. The van der Waals surface area contributed by atoms with Gasteiger partial charge in [0.25, 0.3) is 0 Å². The van der Waals surface area contributed by atoms with Crippen LogP contribution in [0.1, 0.15) is 5.69 Å². The highest BCUT2D eigenvalue weighted by Crippen LogP contribution is 1.96. The largest absolute Gasteiger partial charge is 0.479 e. The summed E-state index contributed by atoms with van der Waals surface area (Å²) in [4.78, 5) is 13.9. The van der Waals surface area contributed by atoms with E-state index in [0.29, 0.717) is 0 Å². The lowest BCUT2D eigenvalue weighted by Crippen LogP contribution is -2.24. The smallest absolute Gasteiger partial charge is 0.334 e. The van der Waals surface area contributed by atoms with Gasteiger partial charge in [-0.25, -0.2) is 9.78 Å². The molecule has 0 radical (unpaired) electrons. The highest BCUT2D eigenvalue weighted by molar-refractivity contribution is 5.71. The highest BCUT2D eigenvalue weighted by atomic mass is 16.4. The van der Waals surface area contributed by atoms with Crippen LogP contribution in [0.2, 0.25) is 0 Å². The number of carboxylic acid groups (broad SMARTS) is 1. The standard InChI is InChI=1S/C7H7N3O3/c8-1-5-2-10(4-9-5)3-6(11)7(12)13/h2,4,6,11H,3H2,(H,12,13)/t6-/m0/s1. The average Bonchev–Trinajstić information content (AvgIpc) is 2.52. The van der Waals surface area contributed by atoms with Gasteiger partial charge in [-0.1, -0.05) is 0 Å². The van der Waals surface area contributed by atoms with Crippen LogP contribution in [0.4, 0.5) is 0 Å². The van der Waals surface area contributed by atoms with Crippen LogP contribution in [0.3, 0.4) is 0 Å². The Labute approximate surface area is 73.7 Å². The monoisotopic (exact) mass is 181 g/mol. The number of nitrogens with zero attached hydrogens (tertiary/aromatic N) is 3. The van der Waals surface area contributed by atoms with Crippen molar-refractivity contribution in [1.29, 1.82) is 5.26 Å². The molecule has 1 atom stereocenters. The predicted octanol–water partition coefficient (Wildman–Crippen LogP) is -0.800. The van der Waals surface area contributed by atoms with Crippen molar-refractivity contribution in [1.82, 2.24) is 9.55 Å². The molecule has 13 heavy (non-hydrogen) atoms. The molecule has 1 rings (SSSR count). The number of aliphatic hydroxyl groups excluding tert-OH is 1. The van der Waals surface area contributed by atoms with E-state index in [9.17, 15) is 4.79 Å². The van der Waals surface area contributed by atoms with Crippen LogP contribution in [0.25, 0.3) is 0 Å². The number of aromatic nitrogens is 2. The van der Waals surface area contributed by atoms with E-state index in [1.807, 2.05) is 0 Å². The summed E-state index contributed by atoms with van der Waals surface area (Å²) in [5.41, 5.74) is 0.192. The minimum Gasteiger partial charge on any atom is -0.479 e. The molecule has 0 unspecified atom stereocenters. The number of hydrogen-bond donors (Lipinski definition) is 2. The molecule has 1 heterocycles. The van der Waals surface area contributed by atoms with E-state index in [2.05, 4.69) is 4.98 Å². The van der Waals surface area contributed by atoms with Gasteiger partial charge in [-0.2, -0.15) is 5.26 Å². The van der Waals surface area contributed by atoms with E-state index in [1.165, 1.54) is 17.1 Å². The van der Waals surface area contributed by atoms with E-state index in [-0.39, 0.29) is 12.2 Å². The van der Waals surface area contributed by atoms with Crippen LogP contribution < -0.4 is 0 Å². The van der Waals surface area contributed by atoms with Crippen LogP contribution in [-0.4, -0.2) is 31.8 Å². The molecule has 1 aromatic heterocycles. The molecule has 2 N–H and O–H groups in total. The van der Waals surface area contributed by atoms with Crippen molar-refractivity contribution in [2.75, 3.05) is 0 Å². The molecule has 6 heteroatoms. The average molecular weight is 181 g/mol. The topological polar surface area (TPSA) is 99.1 Å². The second kappa shape index (κ2) is 3.69. The Balaban J connectivity index is 2.65. The van der Waals surface area contributed by atoms with Gasteiger partial charge in [0, 0.05) is 6.20 Å². The van der Waals surface area contributed by atoms with Crippen molar-refractivity contribution >= 4 is 5.97 Å². The fourth-order valence-electron chi connectivity index (χ4n) is 0.795. The zero-order valence-electron chi connectivity index (χ0n) is 6.58. The summed E-state index contributed by atoms with van der Waals surface area (Å²) in [6.07, 6.45) is 1.19. The molecule has 6 nitrogen and oxygen atoms in total. The van der Waals surface area contributed by atoms with E-state index in [4.69, 9.17) is 15.5 Å². The van der Waals surface area contributed by atoms with Gasteiger partial charge < -0.3 is 14.8 Å². The molecule has 0 aromatic carbocycles. The SMILES string of the molecule is N#Cc1cn(C[C@H](O)C(=O)O)cn1. The molecule has 0 amide bonds. The van der Waals surface area contributed by atoms with Crippen molar-refractivity contribution in [3.05, 3.63) is 18.2 Å². The summed E-state index contributed by atoms with van der Waals surface area (Å²) in [7, 11) is 0. The predicted molar refractivity (Wildman–Crippen MR) is 40.6 cm³/mol. The fourth-order valence-corrected chi connectivity index (χ4v) is 0.795. The summed E-state index contributed by atoms with van der Waals surface area (Å²) in [6.45, 7) is -0.107. The summed E-state index contributed by atoms with van der Waals surface area (Å²) in [5.74, 6) is -1.30. The minimum absolute atomic E-state index is 0.107. The molecular weight excluding hydrogens is 174 g/mol. The zero-order chi connectivity index (χ0) is 9.84. The van der Waals surface area contributed by atoms with Gasteiger partial charge in [0.1, 0.15) is 6.07 Å². The molecule has 0 spiro atoms. The van der Waals surface area contributed by atoms with E-state index >= 15 is 0 Å². The molecule has 68 valence electrons. The van der Waals surface area contributed by atoms with Gasteiger partial charge in [-0.3, -0.25) is 0 Å². The van der Waals surface area contributed by atoms with E-state index in [0.717, 1.165) is 0 Å². The van der Waals surface area contributed by atoms with Gasteiger partial charge in [0.05, 0.1) is 12.9 Å². The first-order chi connectivity index (χ1) is 6.13. The molecule has 0 aliphatic carbocycles. The summed E-state index contributed by atoms with van der Waals surface area (Å²) in [5, 5.41) is 25.7. The zero-order valence-corrected chi connectivity index (χ0v) is 6.58. The normalized spacial score (nSPS) is 12.0. The maximum atomic E-state index is 10.2. The second-order valence-corrected chi connectivity index (χ2v) is 2.42. The van der Waals surface area contributed by atoms with Crippen LogP contribution in [0.15, 0.2) is 12.5 Å². The number of nitriles is 1. The lowest BCUT2D eigenvalue weighted by atomic mass is 10.3. The van der Waals surface area contributed by atoms with Crippen molar-refractivity contribution in [2.24, 2.45) is 0 Å². The first kappa shape index (κ1) is 9.22. The number of carboxylic acids is 1. The Hall–Kier alpha value is -1.87. The first-order valence-electron chi connectivity index (χ1n) is 3.46. The second-order valence-electron chi connectivity index (χ2n) is 2.42. The Bertz CT molecular complexity index is 352. The molecule has 0 saturated heterocycles. The van der Waals surface area contributed by atoms with Crippen molar-refractivity contribution in [2.45, 2.75) is 12.6 Å². The third kappa shape index (κ3) is 2.28. The molecule has 0 aliphatic rings. The number of carbonyl (C=O) groups is 1. The van der Waals surface area contributed by atoms with Crippen molar-refractivity contribution in [3.63, 3.8) is 0 Å². The number of hydrogen-bond acceptors (Lipinski definition) is 4. The maximum absolute atomic E-state index is 10.2. The molecule has 0 fully saturated rings. The number of rotatable bonds is 3. The maximum Gasteiger partial charge on any atom is 0.334 e. The van der Waals surface area contributed by atoms with Gasteiger partial charge in [-0.15, -0.1) is 0 Å². The van der Waals surface area contributed by atoms with Crippen LogP contribution >= 0.6 is 0 Å². The Morgan fingerprint density at radius 1 is 1.85 bits per heavy atom.